The monoisotopic (exact) mass is 577 g/mol. The maximum atomic E-state index is 5.52. The highest BCUT2D eigenvalue weighted by Gasteiger charge is 2.30. The smallest absolute Gasteiger partial charge is 0.193 e. The molecular weight excluding hydrogens is 537 g/mol. The molecule has 8 nitrogen and oxygen atoms in total. The van der Waals surface area contributed by atoms with Crippen molar-refractivity contribution >= 4 is 41.7 Å². The molecule has 0 aromatic carbocycles. The summed E-state index contributed by atoms with van der Waals surface area (Å²) in [6, 6.07) is 1.22. The van der Waals surface area contributed by atoms with E-state index in [1.807, 2.05) is 0 Å². The van der Waals surface area contributed by atoms with Gasteiger partial charge in [-0.05, 0) is 38.9 Å². The number of aryl methyl sites for hydroxylation is 1. The molecule has 4 rings (SSSR count). The van der Waals surface area contributed by atoms with Crippen LogP contribution in [0.15, 0.2) is 10.1 Å². The van der Waals surface area contributed by atoms with Crippen molar-refractivity contribution in [1.82, 2.24) is 29.9 Å². The lowest BCUT2D eigenvalue weighted by Crippen LogP contribution is -2.46. The van der Waals surface area contributed by atoms with Crippen LogP contribution >= 0.6 is 35.7 Å². The summed E-state index contributed by atoms with van der Waals surface area (Å²) >= 11 is 1.72. The van der Waals surface area contributed by atoms with E-state index in [9.17, 15) is 0 Å². The van der Waals surface area contributed by atoms with Crippen LogP contribution in [0.25, 0.3) is 0 Å². The zero-order chi connectivity index (χ0) is 21.5. The molecular formula is C22H40IN7OS. The van der Waals surface area contributed by atoms with Gasteiger partial charge in [-0.25, -0.2) is 0 Å². The van der Waals surface area contributed by atoms with Crippen LogP contribution in [-0.4, -0.2) is 95.3 Å². The number of hydrogen-bond donors (Lipinski definition) is 1. The number of nitrogens with one attached hydrogen (secondary N) is 1. The second kappa shape index (κ2) is 13.3. The van der Waals surface area contributed by atoms with Crippen molar-refractivity contribution < 1.29 is 4.74 Å². The molecule has 0 spiro atoms. The molecule has 1 unspecified atom stereocenters. The Labute approximate surface area is 214 Å². The number of thioether (sulfide) groups is 1. The summed E-state index contributed by atoms with van der Waals surface area (Å²) in [5, 5.41) is 13.6. The zero-order valence-electron chi connectivity index (χ0n) is 19.7. The lowest BCUT2D eigenvalue weighted by molar-refractivity contribution is 0.0195. The van der Waals surface area contributed by atoms with Gasteiger partial charge in [-0.3, -0.25) is 9.89 Å². The topological polar surface area (TPSA) is 70.8 Å². The Kier molecular flexibility index (Phi) is 10.8. The maximum absolute atomic E-state index is 5.52. The van der Waals surface area contributed by atoms with Gasteiger partial charge < -0.3 is 19.5 Å². The van der Waals surface area contributed by atoms with Gasteiger partial charge in [0.25, 0.3) is 0 Å². The molecule has 32 heavy (non-hydrogen) atoms. The number of halogens is 1. The van der Waals surface area contributed by atoms with Crippen molar-refractivity contribution in [2.45, 2.75) is 69.1 Å². The van der Waals surface area contributed by atoms with E-state index in [4.69, 9.17) is 9.73 Å². The summed E-state index contributed by atoms with van der Waals surface area (Å²) < 4.78 is 7.94. The minimum Gasteiger partial charge on any atom is -0.379 e. The van der Waals surface area contributed by atoms with Crippen LogP contribution in [0.4, 0.5) is 0 Å². The molecule has 2 saturated heterocycles. The predicted octanol–water partition coefficient (Wildman–Crippen LogP) is 3.04. The summed E-state index contributed by atoms with van der Waals surface area (Å²) in [6.07, 6.45) is 10.5. The summed E-state index contributed by atoms with van der Waals surface area (Å²) in [7, 11) is 0. The molecule has 1 aliphatic carbocycles. The van der Waals surface area contributed by atoms with Gasteiger partial charge in [0.1, 0.15) is 5.82 Å². The molecule has 1 saturated carbocycles. The van der Waals surface area contributed by atoms with Gasteiger partial charge in [-0.2, -0.15) is 0 Å². The van der Waals surface area contributed by atoms with Gasteiger partial charge in [0, 0.05) is 57.8 Å². The fourth-order valence-electron chi connectivity index (χ4n) is 5.17. The highest BCUT2D eigenvalue weighted by Crippen LogP contribution is 2.33. The molecule has 1 N–H and O–H groups in total. The fraction of sp³-hybridized carbons (Fsp3) is 0.864. The van der Waals surface area contributed by atoms with Crippen molar-refractivity contribution in [1.29, 1.82) is 0 Å². The molecule has 1 aromatic rings. The normalized spacial score (nSPS) is 23.0. The number of aliphatic imine (C=N–C) groups is 1. The summed E-state index contributed by atoms with van der Waals surface area (Å²) in [5.41, 5.74) is 0. The SMILES string of the molecule is CCNC(=NCCCc1nnc(SC)n1C1CCCC1)N1CCC(N2CCOCC2)C1.I. The van der Waals surface area contributed by atoms with Gasteiger partial charge in [-0.15, -0.1) is 34.2 Å². The van der Waals surface area contributed by atoms with Gasteiger partial charge in [-0.1, -0.05) is 24.6 Å². The lowest BCUT2D eigenvalue weighted by atomic mass is 10.2. The number of morpholine rings is 1. The van der Waals surface area contributed by atoms with Crippen LogP contribution < -0.4 is 5.32 Å². The lowest BCUT2D eigenvalue weighted by Gasteiger charge is -2.32. The number of aromatic nitrogens is 3. The standard InChI is InChI=1S/C22H39N7OS.HI/c1-3-23-21(28-12-10-19(17-28)27-13-15-30-16-14-27)24-11-6-9-20-25-26-22(31-2)29(20)18-7-4-5-8-18;/h18-19H,3-17H2,1-2H3,(H,23,24);1H. The molecule has 0 bridgehead atoms. The highest BCUT2D eigenvalue weighted by atomic mass is 127. The van der Waals surface area contributed by atoms with Crippen molar-refractivity contribution in [3.63, 3.8) is 0 Å². The average molecular weight is 578 g/mol. The van der Waals surface area contributed by atoms with Crippen LogP contribution in [0.1, 0.15) is 57.3 Å². The molecule has 3 fully saturated rings. The Morgan fingerprint density at radius 1 is 1.12 bits per heavy atom. The third-order valence-corrected chi connectivity index (χ3v) is 7.43. The van der Waals surface area contributed by atoms with E-state index in [0.717, 1.165) is 82.3 Å². The van der Waals surface area contributed by atoms with E-state index >= 15 is 0 Å². The maximum Gasteiger partial charge on any atom is 0.193 e. The molecule has 10 heteroatoms. The van der Waals surface area contributed by atoms with Gasteiger partial charge in [0.05, 0.1) is 13.2 Å². The van der Waals surface area contributed by atoms with Crippen LogP contribution in [0, 0.1) is 0 Å². The molecule has 0 amide bonds. The zero-order valence-corrected chi connectivity index (χ0v) is 22.8. The van der Waals surface area contributed by atoms with E-state index in [2.05, 4.69) is 43.1 Å². The number of hydrogen-bond acceptors (Lipinski definition) is 6. The van der Waals surface area contributed by atoms with E-state index in [1.165, 1.54) is 32.1 Å². The van der Waals surface area contributed by atoms with E-state index in [0.29, 0.717) is 12.1 Å². The molecule has 2 aliphatic heterocycles. The highest BCUT2D eigenvalue weighted by molar-refractivity contribution is 14.0. The number of nitrogens with zero attached hydrogens (tertiary/aromatic N) is 6. The van der Waals surface area contributed by atoms with Crippen LogP contribution in [0.2, 0.25) is 0 Å². The molecule has 182 valence electrons. The quantitative estimate of drug-likeness (QED) is 0.168. The molecule has 3 heterocycles. The van der Waals surface area contributed by atoms with Crippen molar-refractivity contribution in [3.05, 3.63) is 5.82 Å². The second-order valence-corrected chi connectivity index (χ2v) is 9.56. The van der Waals surface area contributed by atoms with Crippen molar-refractivity contribution in [3.8, 4) is 0 Å². The number of likely N-dealkylation sites (tertiary alicyclic amines) is 1. The first-order valence-corrected chi connectivity index (χ1v) is 13.4. The summed E-state index contributed by atoms with van der Waals surface area (Å²) in [5.74, 6) is 2.21. The fourth-order valence-corrected chi connectivity index (χ4v) is 5.74. The molecule has 3 aliphatic rings. The minimum absolute atomic E-state index is 0. The molecule has 1 aromatic heterocycles. The Bertz CT molecular complexity index is 719. The predicted molar refractivity (Wildman–Crippen MR) is 141 cm³/mol. The first-order valence-electron chi connectivity index (χ1n) is 12.1. The Morgan fingerprint density at radius 2 is 1.91 bits per heavy atom. The number of guanidine groups is 1. The van der Waals surface area contributed by atoms with E-state index < -0.39 is 0 Å². The third kappa shape index (κ3) is 6.50. The number of rotatable bonds is 8. The van der Waals surface area contributed by atoms with Crippen LogP contribution in [0.3, 0.4) is 0 Å². The van der Waals surface area contributed by atoms with Crippen LogP contribution in [0.5, 0.6) is 0 Å². The summed E-state index contributed by atoms with van der Waals surface area (Å²) in [6.45, 7) is 9.90. The van der Waals surface area contributed by atoms with E-state index in [1.54, 1.807) is 11.8 Å². The van der Waals surface area contributed by atoms with Crippen molar-refractivity contribution in [2.24, 2.45) is 4.99 Å². The molecule has 0 radical (unpaired) electrons. The first kappa shape index (κ1) is 26.0. The average Bonchev–Trinajstić information content (AvgIpc) is 3.57. The first-order chi connectivity index (χ1) is 15.3. The van der Waals surface area contributed by atoms with Gasteiger partial charge in [0.15, 0.2) is 11.1 Å². The second-order valence-electron chi connectivity index (χ2n) is 8.79. The van der Waals surface area contributed by atoms with Gasteiger partial charge >= 0.3 is 0 Å². The third-order valence-electron chi connectivity index (χ3n) is 6.79. The van der Waals surface area contributed by atoms with Crippen molar-refractivity contribution in [2.75, 3.05) is 58.7 Å². The number of ether oxygens (including phenoxy) is 1. The molecule has 1 atom stereocenters. The Balaban J connectivity index is 0.00000289. The Morgan fingerprint density at radius 3 is 2.62 bits per heavy atom. The van der Waals surface area contributed by atoms with E-state index in [-0.39, 0.29) is 24.0 Å². The Hall–Kier alpha value is -0.590. The van der Waals surface area contributed by atoms with Crippen LogP contribution in [-0.2, 0) is 11.2 Å². The summed E-state index contributed by atoms with van der Waals surface area (Å²) in [4.78, 5) is 10.0. The van der Waals surface area contributed by atoms with Gasteiger partial charge in [0.2, 0.25) is 0 Å². The minimum atomic E-state index is 0. The largest absolute Gasteiger partial charge is 0.379 e.